The summed E-state index contributed by atoms with van der Waals surface area (Å²) < 4.78 is 5.00. The number of carbonyl (C=O) groups excluding carboxylic acids is 4. The molecule has 13 heteroatoms. The molecule has 1 aromatic heterocycles. The maximum absolute atomic E-state index is 12.7. The molecule has 1 aliphatic heterocycles. The van der Waals surface area contributed by atoms with Crippen molar-refractivity contribution in [1.29, 1.82) is 0 Å². The Morgan fingerprint density at radius 2 is 1.82 bits per heavy atom. The van der Waals surface area contributed by atoms with Crippen LogP contribution in [0.3, 0.4) is 0 Å². The number of imide groups is 1. The first-order valence-corrected chi connectivity index (χ1v) is 11.8. The van der Waals surface area contributed by atoms with Crippen molar-refractivity contribution in [3.63, 3.8) is 0 Å². The number of benzene rings is 2. The van der Waals surface area contributed by atoms with E-state index in [1.807, 2.05) is 24.3 Å². The Hall–Kier alpha value is -4.94. The normalized spacial score (nSPS) is 14.0. The van der Waals surface area contributed by atoms with Crippen LogP contribution in [0.25, 0.3) is 11.0 Å². The summed E-state index contributed by atoms with van der Waals surface area (Å²) in [5.41, 5.74) is 2.38. The second kappa shape index (κ2) is 11.9. The zero-order chi connectivity index (χ0) is 27.1. The van der Waals surface area contributed by atoms with E-state index in [0.717, 1.165) is 21.5 Å². The number of urea groups is 1. The predicted octanol–water partition coefficient (Wildman–Crippen LogP) is 0.865. The third-order valence-electron chi connectivity index (χ3n) is 5.79. The maximum atomic E-state index is 12.7. The molecule has 1 aliphatic rings. The van der Waals surface area contributed by atoms with Gasteiger partial charge in [-0.1, -0.05) is 42.5 Å². The largest absolute Gasteiger partial charge is 0.480 e. The van der Waals surface area contributed by atoms with Gasteiger partial charge in [0, 0.05) is 19.5 Å². The van der Waals surface area contributed by atoms with Gasteiger partial charge in [-0.05, 0) is 17.7 Å². The van der Waals surface area contributed by atoms with E-state index in [1.54, 1.807) is 30.3 Å². The number of para-hydroxylation sites is 2. The number of carboxylic acids is 1. The molecule has 13 nitrogen and oxygen atoms in total. The van der Waals surface area contributed by atoms with Gasteiger partial charge in [0.25, 0.3) is 5.91 Å². The van der Waals surface area contributed by atoms with Crippen molar-refractivity contribution in [2.75, 3.05) is 26.2 Å². The molecule has 0 bridgehead atoms. The molecular formula is C25H26N6O7. The number of hydrogen-bond acceptors (Lipinski definition) is 7. The van der Waals surface area contributed by atoms with Crippen molar-refractivity contribution in [1.82, 2.24) is 30.4 Å². The van der Waals surface area contributed by atoms with E-state index in [0.29, 0.717) is 12.2 Å². The summed E-state index contributed by atoms with van der Waals surface area (Å²) in [5.74, 6) is -2.03. The van der Waals surface area contributed by atoms with Crippen LogP contribution in [-0.4, -0.2) is 87.0 Å². The maximum Gasteiger partial charge on any atom is 0.408 e. The monoisotopic (exact) mass is 522 g/mol. The Morgan fingerprint density at radius 1 is 1.08 bits per heavy atom. The number of imidazole rings is 1. The van der Waals surface area contributed by atoms with Crippen molar-refractivity contribution in [2.24, 2.45) is 0 Å². The van der Waals surface area contributed by atoms with Gasteiger partial charge in [-0.2, -0.15) is 0 Å². The Kier molecular flexibility index (Phi) is 8.16. The van der Waals surface area contributed by atoms with Crippen LogP contribution in [0.5, 0.6) is 0 Å². The highest BCUT2D eigenvalue weighted by Gasteiger charge is 2.37. The lowest BCUT2D eigenvalue weighted by Crippen LogP contribution is -2.50. The SMILES string of the molecule is O=C(CN1C(=O)CN(CCc2nc3ccccc3[nH]2)C1=O)NC[C@H](NC(=O)OCc1ccccc1)C(=O)O. The Labute approximate surface area is 216 Å². The van der Waals surface area contributed by atoms with Crippen molar-refractivity contribution in [2.45, 2.75) is 19.1 Å². The van der Waals surface area contributed by atoms with E-state index < -0.39 is 49.0 Å². The number of aliphatic carboxylic acids is 1. The van der Waals surface area contributed by atoms with Crippen molar-refractivity contribution < 1.29 is 33.8 Å². The number of carbonyl (C=O) groups is 5. The van der Waals surface area contributed by atoms with Gasteiger partial charge in [0.1, 0.15) is 31.6 Å². The molecule has 0 aliphatic carbocycles. The molecule has 4 rings (SSSR count). The minimum Gasteiger partial charge on any atom is -0.480 e. The van der Waals surface area contributed by atoms with Crippen molar-refractivity contribution in [3.05, 3.63) is 66.0 Å². The van der Waals surface area contributed by atoms with Gasteiger partial charge in [-0.15, -0.1) is 0 Å². The lowest BCUT2D eigenvalue weighted by atomic mass is 10.2. The van der Waals surface area contributed by atoms with Gasteiger partial charge < -0.3 is 30.4 Å². The van der Waals surface area contributed by atoms with Gasteiger partial charge in [-0.25, -0.2) is 19.4 Å². The number of carboxylic acid groups (broad SMARTS) is 1. The van der Waals surface area contributed by atoms with Gasteiger partial charge >= 0.3 is 18.1 Å². The molecule has 0 saturated carbocycles. The third-order valence-corrected chi connectivity index (χ3v) is 5.79. The summed E-state index contributed by atoms with van der Waals surface area (Å²) in [6.45, 7) is -1.07. The molecule has 0 spiro atoms. The summed E-state index contributed by atoms with van der Waals surface area (Å²) in [6.07, 6.45) is -0.583. The van der Waals surface area contributed by atoms with Crippen LogP contribution in [0.1, 0.15) is 11.4 Å². The predicted molar refractivity (Wildman–Crippen MR) is 133 cm³/mol. The number of fused-ring (bicyclic) bond motifs is 1. The number of aromatic nitrogens is 2. The fourth-order valence-electron chi connectivity index (χ4n) is 3.81. The van der Waals surface area contributed by atoms with Crippen LogP contribution in [0.4, 0.5) is 9.59 Å². The molecule has 2 heterocycles. The van der Waals surface area contributed by atoms with E-state index in [2.05, 4.69) is 20.6 Å². The Morgan fingerprint density at radius 3 is 2.55 bits per heavy atom. The summed E-state index contributed by atoms with van der Waals surface area (Å²) in [5, 5.41) is 13.9. The first-order valence-electron chi connectivity index (χ1n) is 11.8. The molecule has 0 unspecified atom stereocenters. The zero-order valence-electron chi connectivity index (χ0n) is 20.3. The number of nitrogens with one attached hydrogen (secondary N) is 3. The number of H-pyrrole nitrogens is 1. The lowest BCUT2D eigenvalue weighted by molar-refractivity contribution is -0.139. The van der Waals surface area contributed by atoms with Crippen LogP contribution in [0, 0.1) is 0 Å². The molecule has 0 radical (unpaired) electrons. The second-order valence-electron chi connectivity index (χ2n) is 8.54. The average molecular weight is 523 g/mol. The van der Waals surface area contributed by atoms with Crippen molar-refractivity contribution in [3.8, 4) is 0 Å². The van der Waals surface area contributed by atoms with Gasteiger partial charge in [-0.3, -0.25) is 14.5 Å². The van der Waals surface area contributed by atoms with E-state index >= 15 is 0 Å². The number of hydrogen-bond donors (Lipinski definition) is 4. The molecule has 2 aromatic carbocycles. The molecule has 4 N–H and O–H groups in total. The second-order valence-corrected chi connectivity index (χ2v) is 8.54. The minimum atomic E-state index is -1.48. The molecular weight excluding hydrogens is 496 g/mol. The van der Waals surface area contributed by atoms with E-state index in [4.69, 9.17) is 4.74 Å². The van der Waals surface area contributed by atoms with Crippen LogP contribution in [0.2, 0.25) is 0 Å². The highest BCUT2D eigenvalue weighted by atomic mass is 16.5. The smallest absolute Gasteiger partial charge is 0.408 e. The van der Waals surface area contributed by atoms with E-state index in [1.165, 1.54) is 4.90 Å². The van der Waals surface area contributed by atoms with E-state index in [-0.39, 0.29) is 19.7 Å². The average Bonchev–Trinajstić information content (AvgIpc) is 3.44. The minimum absolute atomic E-state index is 0.0581. The molecule has 198 valence electrons. The fourth-order valence-corrected chi connectivity index (χ4v) is 3.81. The summed E-state index contributed by atoms with van der Waals surface area (Å²) in [7, 11) is 0. The first kappa shape index (κ1) is 26.1. The quantitative estimate of drug-likeness (QED) is 0.268. The fraction of sp³-hybridized carbons (Fsp3) is 0.280. The number of ether oxygens (including phenoxy) is 1. The highest BCUT2D eigenvalue weighted by molar-refractivity contribution is 6.04. The topological polar surface area (TPSA) is 174 Å². The molecule has 38 heavy (non-hydrogen) atoms. The summed E-state index contributed by atoms with van der Waals surface area (Å²) in [6, 6.07) is 14.2. The Bertz CT molecular complexity index is 1310. The number of nitrogens with zero attached hydrogens (tertiary/aromatic N) is 3. The molecule has 1 atom stereocenters. The van der Waals surface area contributed by atoms with Crippen LogP contribution in [0.15, 0.2) is 54.6 Å². The number of aromatic amines is 1. The number of rotatable bonds is 11. The molecule has 1 fully saturated rings. The molecule has 1 saturated heterocycles. The van der Waals surface area contributed by atoms with Crippen molar-refractivity contribution >= 4 is 40.9 Å². The van der Waals surface area contributed by atoms with E-state index in [9.17, 15) is 29.1 Å². The number of amides is 5. The standard InChI is InChI=1S/C25H26N6O7/c32-21(26-12-19(23(34)35)29-24(36)38-15-16-6-2-1-3-7-16)13-31-22(33)14-30(25(31)37)11-10-20-27-17-8-4-5-9-18(17)28-20/h1-9,19H,10-15H2,(H,26,32)(H,27,28)(H,29,36)(H,34,35)/t19-/m0/s1. The molecule has 3 aromatic rings. The lowest BCUT2D eigenvalue weighted by Gasteiger charge is -2.18. The van der Waals surface area contributed by atoms with Crippen LogP contribution >= 0.6 is 0 Å². The van der Waals surface area contributed by atoms with Gasteiger partial charge in [0.15, 0.2) is 0 Å². The van der Waals surface area contributed by atoms with Gasteiger partial charge in [0.05, 0.1) is 11.0 Å². The van der Waals surface area contributed by atoms with Crippen LogP contribution in [-0.2, 0) is 32.1 Å². The molecule has 5 amide bonds. The highest BCUT2D eigenvalue weighted by Crippen LogP contribution is 2.14. The van der Waals surface area contributed by atoms with Crippen LogP contribution < -0.4 is 10.6 Å². The first-order chi connectivity index (χ1) is 18.3. The zero-order valence-corrected chi connectivity index (χ0v) is 20.3. The Balaban J connectivity index is 1.22. The summed E-state index contributed by atoms with van der Waals surface area (Å²) >= 11 is 0. The summed E-state index contributed by atoms with van der Waals surface area (Å²) in [4.78, 5) is 70.6. The third kappa shape index (κ3) is 6.63. The van der Waals surface area contributed by atoms with Gasteiger partial charge in [0.2, 0.25) is 5.91 Å². The number of alkyl carbamates (subject to hydrolysis) is 1.